The molecule has 0 aromatic heterocycles. The van der Waals surface area contributed by atoms with Crippen molar-refractivity contribution < 1.29 is 4.39 Å². The summed E-state index contributed by atoms with van der Waals surface area (Å²) in [5, 5.41) is -1.77. The van der Waals surface area contributed by atoms with Gasteiger partial charge in [-0.15, -0.1) is 12.4 Å². The van der Waals surface area contributed by atoms with Gasteiger partial charge in [0.15, 0.2) is 0 Å². The molecule has 1 rings (SSSR count). The second kappa shape index (κ2) is 4.85. The summed E-state index contributed by atoms with van der Waals surface area (Å²) >= 11 is 5.37. The van der Waals surface area contributed by atoms with Crippen LogP contribution in [0.5, 0.6) is 0 Å². The predicted molar refractivity (Wildman–Crippen MR) is 52.4 cm³/mol. The number of allylic oxidation sites excluding steroid dienone is 4. The molecule has 1 nitrogen and oxygen atoms in total. The monoisotopic (exact) mass is 211 g/mol. The summed E-state index contributed by atoms with van der Waals surface area (Å²) in [6.45, 7) is 0.612. The van der Waals surface area contributed by atoms with E-state index in [2.05, 4.69) is 0 Å². The number of hydrogen-bond donors (Lipinski definition) is 1. The number of halogens is 3. The van der Waals surface area contributed by atoms with Crippen LogP contribution >= 0.6 is 24.0 Å². The third kappa shape index (κ3) is 3.57. The summed E-state index contributed by atoms with van der Waals surface area (Å²) in [6, 6.07) is 0. The largest absolute Gasteiger partial charge is 0.330 e. The summed E-state index contributed by atoms with van der Waals surface area (Å²) in [6.07, 6.45) is 7.06. The van der Waals surface area contributed by atoms with Gasteiger partial charge in [0.1, 0.15) is 0 Å². The second-order valence-electron chi connectivity index (χ2n) is 2.63. The Bertz CT molecular complexity index is 173. The molecule has 12 heavy (non-hydrogen) atoms. The molecule has 0 bridgehead atoms. The molecule has 0 aliphatic heterocycles. The Morgan fingerprint density at radius 1 is 1.42 bits per heavy atom. The number of alkyl halides is 2. The predicted octanol–water partition coefficient (Wildman–Crippen LogP) is 2.40. The van der Waals surface area contributed by atoms with Gasteiger partial charge in [-0.1, -0.05) is 23.8 Å². The van der Waals surface area contributed by atoms with Gasteiger partial charge < -0.3 is 5.73 Å². The maximum absolute atomic E-state index is 12.8. The van der Waals surface area contributed by atoms with Gasteiger partial charge in [-0.2, -0.15) is 0 Å². The summed E-state index contributed by atoms with van der Waals surface area (Å²) < 4.78 is 12.8. The highest BCUT2D eigenvalue weighted by molar-refractivity contribution is 6.25. The molecular formula is C8H12Cl2FN. The van der Waals surface area contributed by atoms with E-state index < -0.39 is 5.13 Å². The lowest BCUT2D eigenvalue weighted by Crippen LogP contribution is -2.13. The molecule has 0 amide bonds. The zero-order valence-electron chi connectivity index (χ0n) is 6.54. The minimum Gasteiger partial charge on any atom is -0.330 e. The molecule has 70 valence electrons. The molecule has 0 saturated heterocycles. The Kier molecular flexibility index (Phi) is 4.83. The van der Waals surface area contributed by atoms with Crippen LogP contribution < -0.4 is 5.73 Å². The van der Waals surface area contributed by atoms with E-state index in [0.717, 1.165) is 6.42 Å². The average molecular weight is 212 g/mol. The molecule has 1 aliphatic carbocycles. The highest BCUT2D eigenvalue weighted by atomic mass is 35.5. The zero-order chi connectivity index (χ0) is 8.32. The van der Waals surface area contributed by atoms with Crippen LogP contribution in [-0.2, 0) is 0 Å². The van der Waals surface area contributed by atoms with E-state index in [4.69, 9.17) is 17.3 Å². The number of hydrogen-bond acceptors (Lipinski definition) is 1. The van der Waals surface area contributed by atoms with Gasteiger partial charge in [0.25, 0.3) is 0 Å². The van der Waals surface area contributed by atoms with Crippen LogP contribution in [0.25, 0.3) is 0 Å². The van der Waals surface area contributed by atoms with Crippen LogP contribution in [0, 0.1) is 5.92 Å². The SMILES string of the molecule is Cl.NCCC1C=CC(F)(Cl)C=C1. The molecule has 4 heteroatoms. The Morgan fingerprint density at radius 2 is 1.92 bits per heavy atom. The standard InChI is InChI=1S/C8H11ClFN.ClH/c9-8(10)4-1-7(2-5-8)3-6-11;/h1-2,4-5,7H,3,6,11H2;1H. The fourth-order valence-corrected chi connectivity index (χ4v) is 1.15. The third-order valence-electron chi connectivity index (χ3n) is 1.63. The van der Waals surface area contributed by atoms with Crippen molar-refractivity contribution in [1.29, 1.82) is 0 Å². The Labute approximate surface area is 82.9 Å². The molecule has 0 fully saturated rings. The van der Waals surface area contributed by atoms with Gasteiger partial charge in [-0.3, -0.25) is 0 Å². The molecule has 0 spiro atoms. The first-order chi connectivity index (χ1) is 5.14. The molecule has 0 saturated carbocycles. The molecule has 0 unspecified atom stereocenters. The van der Waals surface area contributed by atoms with Crippen molar-refractivity contribution in [3.8, 4) is 0 Å². The van der Waals surface area contributed by atoms with E-state index >= 15 is 0 Å². The van der Waals surface area contributed by atoms with Crippen molar-refractivity contribution in [1.82, 2.24) is 0 Å². The van der Waals surface area contributed by atoms with E-state index in [9.17, 15) is 4.39 Å². The van der Waals surface area contributed by atoms with Gasteiger partial charge in [0, 0.05) is 0 Å². The van der Waals surface area contributed by atoms with Crippen LogP contribution in [0.4, 0.5) is 4.39 Å². The molecule has 0 heterocycles. The summed E-state index contributed by atoms with van der Waals surface area (Å²) in [4.78, 5) is 0. The van der Waals surface area contributed by atoms with Gasteiger partial charge in [-0.05, 0) is 31.0 Å². The highest BCUT2D eigenvalue weighted by Crippen LogP contribution is 2.27. The third-order valence-corrected chi connectivity index (χ3v) is 1.88. The maximum Gasteiger partial charge on any atom is 0.220 e. The lowest BCUT2D eigenvalue weighted by atomic mass is 9.99. The van der Waals surface area contributed by atoms with E-state index in [1.54, 1.807) is 12.2 Å². The normalized spacial score (nSPS) is 33.1. The smallest absolute Gasteiger partial charge is 0.220 e. The molecule has 0 atom stereocenters. The molecular weight excluding hydrogens is 200 g/mol. The van der Waals surface area contributed by atoms with Crippen molar-refractivity contribution in [2.75, 3.05) is 6.54 Å². The van der Waals surface area contributed by atoms with Gasteiger partial charge >= 0.3 is 0 Å². The van der Waals surface area contributed by atoms with Gasteiger partial charge in [0.2, 0.25) is 5.13 Å². The van der Waals surface area contributed by atoms with Crippen LogP contribution in [0.15, 0.2) is 24.3 Å². The Morgan fingerprint density at radius 3 is 2.33 bits per heavy atom. The minimum atomic E-state index is -1.77. The van der Waals surface area contributed by atoms with Crippen LogP contribution in [0.3, 0.4) is 0 Å². The average Bonchev–Trinajstić information content (AvgIpc) is 1.94. The maximum atomic E-state index is 12.8. The molecule has 2 N–H and O–H groups in total. The van der Waals surface area contributed by atoms with Crippen molar-refractivity contribution >= 4 is 24.0 Å². The number of rotatable bonds is 2. The first-order valence-electron chi connectivity index (χ1n) is 3.61. The fraction of sp³-hybridized carbons (Fsp3) is 0.500. The zero-order valence-corrected chi connectivity index (χ0v) is 8.11. The van der Waals surface area contributed by atoms with Crippen molar-refractivity contribution in [2.24, 2.45) is 11.7 Å². The highest BCUT2D eigenvalue weighted by Gasteiger charge is 2.21. The summed E-state index contributed by atoms with van der Waals surface area (Å²) in [5.41, 5.74) is 5.33. The van der Waals surface area contributed by atoms with Crippen LogP contribution in [-0.4, -0.2) is 11.7 Å². The fourth-order valence-electron chi connectivity index (χ4n) is 1.01. The minimum absolute atomic E-state index is 0. The Balaban J connectivity index is 0.00000121. The number of nitrogens with two attached hydrogens (primary N) is 1. The molecule has 0 aromatic carbocycles. The quantitative estimate of drug-likeness (QED) is 0.552. The first-order valence-corrected chi connectivity index (χ1v) is 3.98. The van der Waals surface area contributed by atoms with Crippen molar-refractivity contribution in [3.05, 3.63) is 24.3 Å². The van der Waals surface area contributed by atoms with E-state index in [0.29, 0.717) is 6.54 Å². The van der Waals surface area contributed by atoms with E-state index in [1.807, 2.05) is 0 Å². The topological polar surface area (TPSA) is 26.0 Å². The van der Waals surface area contributed by atoms with Crippen LogP contribution in [0.1, 0.15) is 6.42 Å². The lowest BCUT2D eigenvalue weighted by Gasteiger charge is -2.16. The Hall–Kier alpha value is -0.0500. The second-order valence-corrected chi connectivity index (χ2v) is 3.21. The van der Waals surface area contributed by atoms with Gasteiger partial charge in [-0.25, -0.2) is 4.39 Å². The first kappa shape index (κ1) is 11.9. The lowest BCUT2D eigenvalue weighted by molar-refractivity contribution is 0.408. The molecule has 1 aliphatic rings. The summed E-state index contributed by atoms with van der Waals surface area (Å²) in [7, 11) is 0. The van der Waals surface area contributed by atoms with Crippen LogP contribution in [0.2, 0.25) is 0 Å². The summed E-state index contributed by atoms with van der Waals surface area (Å²) in [5.74, 6) is 0.252. The van der Waals surface area contributed by atoms with Crippen molar-refractivity contribution in [3.63, 3.8) is 0 Å². The molecule has 0 aromatic rings. The van der Waals surface area contributed by atoms with Gasteiger partial charge in [0.05, 0.1) is 0 Å². The van der Waals surface area contributed by atoms with Crippen molar-refractivity contribution in [2.45, 2.75) is 11.5 Å². The molecule has 0 radical (unpaired) electrons. The van der Waals surface area contributed by atoms with E-state index in [1.165, 1.54) is 12.2 Å². The van der Waals surface area contributed by atoms with E-state index in [-0.39, 0.29) is 18.3 Å².